The van der Waals surface area contributed by atoms with Gasteiger partial charge in [0.05, 0.1) is 15.7 Å². The van der Waals surface area contributed by atoms with Crippen molar-refractivity contribution in [2.75, 3.05) is 0 Å². The van der Waals surface area contributed by atoms with Crippen molar-refractivity contribution in [2.24, 2.45) is 0 Å². The summed E-state index contributed by atoms with van der Waals surface area (Å²) in [5.41, 5.74) is -1.97. The summed E-state index contributed by atoms with van der Waals surface area (Å²) in [7, 11) is 0. The Morgan fingerprint density at radius 1 is 1.26 bits per heavy atom. The Morgan fingerprint density at radius 3 is 2.39 bits per heavy atom. The van der Waals surface area contributed by atoms with Crippen LogP contribution in [0.5, 0.6) is 0 Å². The largest absolute Gasteiger partial charge is 0.434 e. The van der Waals surface area contributed by atoms with Crippen molar-refractivity contribution in [3.05, 3.63) is 46.0 Å². The van der Waals surface area contributed by atoms with Crippen LogP contribution in [0.4, 0.5) is 13.2 Å². The zero-order chi connectivity index (χ0) is 16.8. The molecule has 9 heteroatoms. The average Bonchev–Trinajstić information content (AvgIpc) is 3.13. The van der Waals surface area contributed by atoms with Crippen LogP contribution in [0, 0.1) is 0 Å². The molecule has 1 heterocycles. The maximum Gasteiger partial charge on any atom is 0.434 e. The average molecular weight is 364 g/mol. The fraction of sp³-hybridized carbons (Fsp3) is 0.286. The lowest BCUT2D eigenvalue weighted by molar-refractivity contribution is -0.142. The first kappa shape index (κ1) is 16.1. The van der Waals surface area contributed by atoms with Gasteiger partial charge in [-0.05, 0) is 25.0 Å². The first-order valence-electron chi connectivity index (χ1n) is 6.69. The molecule has 1 N–H and O–H groups in total. The molecule has 2 aromatic rings. The molecule has 1 saturated carbocycles. The van der Waals surface area contributed by atoms with E-state index in [2.05, 4.69) is 10.3 Å². The van der Waals surface area contributed by atoms with Crippen molar-refractivity contribution in [1.82, 2.24) is 14.9 Å². The number of amides is 1. The second kappa shape index (κ2) is 5.72. The monoisotopic (exact) mass is 363 g/mol. The van der Waals surface area contributed by atoms with Gasteiger partial charge in [0.25, 0.3) is 5.91 Å². The van der Waals surface area contributed by atoms with E-state index in [-0.39, 0.29) is 21.8 Å². The quantitative estimate of drug-likeness (QED) is 0.892. The predicted molar refractivity (Wildman–Crippen MR) is 79.1 cm³/mol. The van der Waals surface area contributed by atoms with Crippen molar-refractivity contribution >= 4 is 29.1 Å². The van der Waals surface area contributed by atoms with Crippen LogP contribution in [0.25, 0.3) is 5.69 Å². The Bertz CT molecular complexity index is 749. The molecule has 23 heavy (non-hydrogen) atoms. The van der Waals surface area contributed by atoms with Crippen molar-refractivity contribution in [3.63, 3.8) is 0 Å². The molecule has 3 rings (SSSR count). The number of aromatic nitrogens is 2. The highest BCUT2D eigenvalue weighted by molar-refractivity contribution is 6.37. The number of nitrogens with zero attached hydrogens (tertiary/aromatic N) is 2. The second-order valence-corrected chi connectivity index (χ2v) is 5.94. The minimum absolute atomic E-state index is 0.0227. The highest BCUT2D eigenvalue weighted by atomic mass is 35.5. The molecule has 1 amide bonds. The van der Waals surface area contributed by atoms with E-state index in [0.717, 1.165) is 19.2 Å². The highest BCUT2D eigenvalue weighted by Gasteiger charge is 2.42. The van der Waals surface area contributed by atoms with E-state index in [1.807, 2.05) is 0 Å². The Balaban J connectivity index is 2.14. The lowest BCUT2D eigenvalue weighted by Gasteiger charge is -2.15. The molecule has 1 aromatic carbocycles. The van der Waals surface area contributed by atoms with Gasteiger partial charge >= 0.3 is 6.18 Å². The van der Waals surface area contributed by atoms with Gasteiger partial charge in [0, 0.05) is 6.04 Å². The second-order valence-electron chi connectivity index (χ2n) is 5.13. The van der Waals surface area contributed by atoms with Crippen LogP contribution < -0.4 is 5.32 Å². The predicted octanol–water partition coefficient (Wildman–Crippen LogP) is 4.09. The van der Waals surface area contributed by atoms with Crippen LogP contribution >= 0.6 is 23.2 Å². The van der Waals surface area contributed by atoms with Crippen LogP contribution in [-0.2, 0) is 6.18 Å². The van der Waals surface area contributed by atoms with Crippen LogP contribution in [0.1, 0.15) is 29.0 Å². The van der Waals surface area contributed by atoms with Gasteiger partial charge in [-0.25, -0.2) is 4.98 Å². The molecule has 0 unspecified atom stereocenters. The fourth-order valence-corrected chi connectivity index (χ4v) is 2.74. The molecular weight excluding hydrogens is 354 g/mol. The number of carbonyl (C=O) groups is 1. The number of halogens is 5. The SMILES string of the molecule is O=C(NC1CC1)c1ncn(-c2c(Cl)cccc2Cl)c1C(F)(F)F. The number of carbonyl (C=O) groups excluding carboxylic acids is 1. The van der Waals surface area contributed by atoms with Crippen LogP contribution in [0.3, 0.4) is 0 Å². The molecule has 1 aromatic heterocycles. The summed E-state index contributed by atoms with van der Waals surface area (Å²) in [6.07, 6.45) is -2.39. The third-order valence-corrected chi connectivity index (χ3v) is 3.95. The molecule has 122 valence electrons. The van der Waals surface area contributed by atoms with Gasteiger partial charge in [0.1, 0.15) is 6.33 Å². The van der Waals surface area contributed by atoms with Crippen molar-refractivity contribution in [3.8, 4) is 5.69 Å². The smallest absolute Gasteiger partial charge is 0.348 e. The number of rotatable bonds is 3. The Labute approximate surface area is 139 Å². The summed E-state index contributed by atoms with van der Waals surface area (Å²) in [6.45, 7) is 0. The Hall–Kier alpha value is -1.73. The van der Waals surface area contributed by atoms with E-state index < -0.39 is 23.5 Å². The summed E-state index contributed by atoms with van der Waals surface area (Å²) >= 11 is 11.9. The summed E-state index contributed by atoms with van der Waals surface area (Å²) in [5, 5.41) is 2.54. The summed E-state index contributed by atoms with van der Waals surface area (Å²) in [6, 6.07) is 4.25. The maximum absolute atomic E-state index is 13.5. The lowest BCUT2D eigenvalue weighted by atomic mass is 10.2. The molecule has 1 aliphatic carbocycles. The first-order chi connectivity index (χ1) is 10.8. The van der Waals surface area contributed by atoms with Crippen molar-refractivity contribution in [2.45, 2.75) is 25.1 Å². The number of nitrogens with one attached hydrogen (secondary N) is 1. The number of imidazole rings is 1. The third-order valence-electron chi connectivity index (χ3n) is 3.34. The van der Waals surface area contributed by atoms with E-state index in [1.54, 1.807) is 0 Å². The molecule has 0 saturated heterocycles. The van der Waals surface area contributed by atoms with Gasteiger partial charge in [-0.15, -0.1) is 0 Å². The Kier molecular flexibility index (Phi) is 4.01. The molecule has 1 fully saturated rings. The number of hydrogen-bond acceptors (Lipinski definition) is 2. The van der Waals surface area contributed by atoms with Gasteiger partial charge in [-0.2, -0.15) is 13.2 Å². The van der Waals surface area contributed by atoms with E-state index in [1.165, 1.54) is 18.2 Å². The first-order valence-corrected chi connectivity index (χ1v) is 7.44. The molecule has 4 nitrogen and oxygen atoms in total. The molecule has 0 atom stereocenters. The van der Waals surface area contributed by atoms with E-state index in [0.29, 0.717) is 4.57 Å². The van der Waals surface area contributed by atoms with Gasteiger partial charge in [0.2, 0.25) is 0 Å². The number of benzene rings is 1. The summed E-state index contributed by atoms with van der Waals surface area (Å²) < 4.78 is 41.1. The summed E-state index contributed by atoms with van der Waals surface area (Å²) in [4.78, 5) is 15.7. The maximum atomic E-state index is 13.5. The number of alkyl halides is 3. The van der Waals surface area contributed by atoms with Crippen LogP contribution in [0.2, 0.25) is 10.0 Å². The van der Waals surface area contributed by atoms with Crippen molar-refractivity contribution in [1.29, 1.82) is 0 Å². The van der Waals surface area contributed by atoms with Gasteiger partial charge < -0.3 is 5.32 Å². The van der Waals surface area contributed by atoms with E-state index in [4.69, 9.17) is 23.2 Å². The molecule has 0 bridgehead atoms. The minimum atomic E-state index is -4.80. The third kappa shape index (κ3) is 3.16. The minimum Gasteiger partial charge on any atom is -0.348 e. The van der Waals surface area contributed by atoms with Gasteiger partial charge in [-0.1, -0.05) is 29.3 Å². The van der Waals surface area contributed by atoms with Crippen LogP contribution in [-0.4, -0.2) is 21.5 Å². The molecule has 0 aliphatic heterocycles. The highest BCUT2D eigenvalue weighted by Crippen LogP contribution is 2.37. The summed E-state index contributed by atoms with van der Waals surface area (Å²) in [5.74, 6) is -0.859. The van der Waals surface area contributed by atoms with Crippen LogP contribution in [0.15, 0.2) is 24.5 Å². The number of hydrogen-bond donors (Lipinski definition) is 1. The molecule has 0 spiro atoms. The topological polar surface area (TPSA) is 46.9 Å². The normalized spacial score (nSPS) is 14.8. The van der Waals surface area contributed by atoms with Gasteiger partial charge in [-0.3, -0.25) is 9.36 Å². The number of para-hydroxylation sites is 1. The zero-order valence-electron chi connectivity index (χ0n) is 11.5. The van der Waals surface area contributed by atoms with E-state index >= 15 is 0 Å². The molecule has 1 aliphatic rings. The molecule has 0 radical (unpaired) electrons. The zero-order valence-corrected chi connectivity index (χ0v) is 13.0. The lowest BCUT2D eigenvalue weighted by Crippen LogP contribution is -2.28. The fourth-order valence-electron chi connectivity index (χ4n) is 2.16. The van der Waals surface area contributed by atoms with E-state index in [9.17, 15) is 18.0 Å². The standard InChI is InChI=1S/C14H10Cl2F3N3O/c15-8-2-1-3-9(16)11(8)22-6-20-10(12(22)14(17,18)19)13(23)21-7-4-5-7/h1-3,6-7H,4-5H2,(H,21,23). The van der Waals surface area contributed by atoms with Gasteiger partial charge in [0.15, 0.2) is 11.4 Å². The molecular formula is C14H10Cl2F3N3O. The van der Waals surface area contributed by atoms with Crippen molar-refractivity contribution < 1.29 is 18.0 Å². The Morgan fingerprint density at radius 2 is 1.87 bits per heavy atom.